The highest BCUT2D eigenvalue weighted by Gasteiger charge is 2.34. The van der Waals surface area contributed by atoms with Crippen molar-refractivity contribution in [3.63, 3.8) is 0 Å². The van der Waals surface area contributed by atoms with E-state index in [0.29, 0.717) is 17.7 Å². The van der Waals surface area contributed by atoms with Crippen LogP contribution in [0.3, 0.4) is 0 Å². The maximum atomic E-state index is 12.4. The smallest absolute Gasteiger partial charge is 0.321 e. The lowest BCUT2D eigenvalue weighted by molar-refractivity contribution is 0.0656. The molecule has 1 aliphatic heterocycles. The van der Waals surface area contributed by atoms with Gasteiger partial charge in [0, 0.05) is 25.3 Å². The van der Waals surface area contributed by atoms with Crippen LogP contribution in [0.4, 0.5) is 10.5 Å². The Labute approximate surface area is 146 Å². The number of hydrogen-bond donors (Lipinski definition) is 1. The van der Waals surface area contributed by atoms with Crippen molar-refractivity contribution in [2.24, 2.45) is 0 Å². The van der Waals surface area contributed by atoms with Gasteiger partial charge in [-0.05, 0) is 31.2 Å². The van der Waals surface area contributed by atoms with Crippen LogP contribution in [-0.4, -0.2) is 42.4 Å². The molecule has 4 amide bonds. The Morgan fingerprint density at radius 1 is 0.960 bits per heavy atom. The van der Waals surface area contributed by atoms with Crippen molar-refractivity contribution in [2.75, 3.05) is 24.5 Å². The number of nitrogens with one attached hydrogen (secondary N) is 1. The Balaban J connectivity index is 1.59. The average Bonchev–Trinajstić information content (AvgIpc) is 2.88. The molecule has 6 nitrogen and oxygen atoms in total. The fourth-order valence-corrected chi connectivity index (χ4v) is 2.86. The lowest BCUT2D eigenvalue weighted by Gasteiger charge is -2.22. The molecule has 2 aromatic carbocycles. The minimum absolute atomic E-state index is 0.143. The summed E-state index contributed by atoms with van der Waals surface area (Å²) in [4.78, 5) is 39.7. The van der Waals surface area contributed by atoms with E-state index < -0.39 is 0 Å². The second kappa shape index (κ2) is 7.17. The monoisotopic (exact) mass is 337 g/mol. The zero-order valence-corrected chi connectivity index (χ0v) is 13.9. The van der Waals surface area contributed by atoms with Crippen molar-refractivity contribution in [3.8, 4) is 0 Å². The molecule has 0 saturated carbocycles. The summed E-state index contributed by atoms with van der Waals surface area (Å²) in [6, 6.07) is 15.8. The van der Waals surface area contributed by atoms with Crippen molar-refractivity contribution in [1.29, 1.82) is 0 Å². The van der Waals surface area contributed by atoms with Gasteiger partial charge in [-0.15, -0.1) is 0 Å². The van der Waals surface area contributed by atoms with Crippen LogP contribution in [0.25, 0.3) is 0 Å². The van der Waals surface area contributed by atoms with Gasteiger partial charge < -0.3 is 5.32 Å². The Hall–Kier alpha value is -3.15. The zero-order chi connectivity index (χ0) is 17.8. The maximum absolute atomic E-state index is 12.4. The molecule has 0 spiro atoms. The van der Waals surface area contributed by atoms with Crippen molar-refractivity contribution >= 4 is 23.5 Å². The Morgan fingerprint density at radius 2 is 1.52 bits per heavy atom. The van der Waals surface area contributed by atoms with E-state index in [0.717, 1.165) is 5.69 Å². The fourth-order valence-electron chi connectivity index (χ4n) is 2.86. The van der Waals surface area contributed by atoms with Crippen LogP contribution in [-0.2, 0) is 0 Å². The fraction of sp³-hybridized carbons (Fsp3) is 0.211. The van der Waals surface area contributed by atoms with Gasteiger partial charge in [0.05, 0.1) is 11.1 Å². The maximum Gasteiger partial charge on any atom is 0.321 e. The normalized spacial score (nSPS) is 12.9. The number of carbonyl (C=O) groups excluding carboxylic acids is 3. The van der Waals surface area contributed by atoms with Gasteiger partial charge in [-0.25, -0.2) is 4.79 Å². The third-order valence-corrected chi connectivity index (χ3v) is 4.12. The van der Waals surface area contributed by atoms with Crippen LogP contribution in [0.15, 0.2) is 54.6 Å². The molecule has 128 valence electrons. The van der Waals surface area contributed by atoms with Crippen LogP contribution in [0.1, 0.15) is 27.6 Å². The quantitative estimate of drug-likeness (QED) is 0.852. The van der Waals surface area contributed by atoms with Crippen LogP contribution in [0.5, 0.6) is 0 Å². The highest BCUT2D eigenvalue weighted by molar-refractivity contribution is 6.21. The largest absolute Gasteiger partial charge is 0.336 e. The van der Waals surface area contributed by atoms with Crippen LogP contribution in [0, 0.1) is 0 Å². The first-order valence-corrected chi connectivity index (χ1v) is 8.19. The Kier molecular flexibility index (Phi) is 4.79. The van der Waals surface area contributed by atoms with Gasteiger partial charge in [0.1, 0.15) is 0 Å². The molecule has 0 aromatic heterocycles. The Morgan fingerprint density at radius 3 is 2.08 bits per heavy atom. The SMILES string of the molecule is CCN(C(=O)NCCN1C(=O)c2ccccc2C1=O)c1ccccc1. The lowest BCUT2D eigenvalue weighted by atomic mass is 10.1. The summed E-state index contributed by atoms with van der Waals surface area (Å²) in [6.07, 6.45) is 0. The molecule has 0 unspecified atom stereocenters. The van der Waals surface area contributed by atoms with Gasteiger partial charge in [0.25, 0.3) is 11.8 Å². The number of urea groups is 1. The third-order valence-electron chi connectivity index (χ3n) is 4.12. The lowest BCUT2D eigenvalue weighted by Crippen LogP contribution is -2.44. The first-order valence-electron chi connectivity index (χ1n) is 8.19. The second-order valence-corrected chi connectivity index (χ2v) is 5.62. The van der Waals surface area contributed by atoms with Crippen molar-refractivity contribution < 1.29 is 14.4 Å². The summed E-state index contributed by atoms with van der Waals surface area (Å²) in [5.74, 6) is -0.629. The molecule has 1 heterocycles. The highest BCUT2D eigenvalue weighted by atomic mass is 16.2. The minimum atomic E-state index is -0.315. The van der Waals surface area contributed by atoms with Crippen molar-refractivity contribution in [1.82, 2.24) is 10.2 Å². The van der Waals surface area contributed by atoms with Gasteiger partial charge in [-0.3, -0.25) is 19.4 Å². The van der Waals surface area contributed by atoms with E-state index in [1.54, 1.807) is 29.2 Å². The average molecular weight is 337 g/mol. The van der Waals surface area contributed by atoms with E-state index in [9.17, 15) is 14.4 Å². The molecule has 2 aromatic rings. The summed E-state index contributed by atoms with van der Waals surface area (Å²) in [6.45, 7) is 2.75. The number of imide groups is 1. The first kappa shape index (κ1) is 16.7. The predicted molar refractivity (Wildman–Crippen MR) is 94.7 cm³/mol. The first-order chi connectivity index (χ1) is 12.1. The second-order valence-electron chi connectivity index (χ2n) is 5.62. The topological polar surface area (TPSA) is 69.7 Å². The number of hydrogen-bond acceptors (Lipinski definition) is 3. The molecule has 0 atom stereocenters. The number of fused-ring (bicyclic) bond motifs is 1. The van der Waals surface area contributed by atoms with Gasteiger partial charge in [0.2, 0.25) is 0 Å². The van der Waals surface area contributed by atoms with Crippen LogP contribution >= 0.6 is 0 Å². The summed E-state index contributed by atoms with van der Waals surface area (Å²) in [7, 11) is 0. The third kappa shape index (κ3) is 3.24. The number of para-hydroxylation sites is 1. The summed E-state index contributed by atoms with van der Waals surface area (Å²) < 4.78 is 0. The standard InChI is InChI=1S/C19H19N3O3/c1-2-21(14-8-4-3-5-9-14)19(25)20-12-13-22-17(23)15-10-6-7-11-16(15)18(22)24/h3-11H,2,12-13H2,1H3,(H,20,25). The molecule has 1 N–H and O–H groups in total. The zero-order valence-electron chi connectivity index (χ0n) is 13.9. The number of benzene rings is 2. The van der Waals surface area contributed by atoms with E-state index in [1.807, 2.05) is 37.3 Å². The van der Waals surface area contributed by atoms with Crippen molar-refractivity contribution in [3.05, 3.63) is 65.7 Å². The van der Waals surface area contributed by atoms with E-state index in [-0.39, 0.29) is 30.9 Å². The minimum Gasteiger partial charge on any atom is -0.336 e. The van der Waals surface area contributed by atoms with E-state index in [4.69, 9.17) is 0 Å². The molecular weight excluding hydrogens is 318 g/mol. The van der Waals surface area contributed by atoms with Crippen LogP contribution in [0.2, 0.25) is 0 Å². The predicted octanol–water partition coefficient (Wildman–Crippen LogP) is 2.52. The summed E-state index contributed by atoms with van der Waals surface area (Å²) >= 11 is 0. The summed E-state index contributed by atoms with van der Waals surface area (Å²) in [5, 5.41) is 2.77. The van der Waals surface area contributed by atoms with Gasteiger partial charge in [-0.1, -0.05) is 30.3 Å². The van der Waals surface area contributed by atoms with Gasteiger partial charge in [-0.2, -0.15) is 0 Å². The number of carbonyl (C=O) groups is 3. The van der Waals surface area contributed by atoms with Gasteiger partial charge in [0.15, 0.2) is 0 Å². The van der Waals surface area contributed by atoms with Gasteiger partial charge >= 0.3 is 6.03 Å². The number of nitrogens with zero attached hydrogens (tertiary/aromatic N) is 2. The molecule has 25 heavy (non-hydrogen) atoms. The molecule has 0 aliphatic carbocycles. The summed E-state index contributed by atoms with van der Waals surface area (Å²) in [5.41, 5.74) is 1.62. The number of anilines is 1. The molecular formula is C19H19N3O3. The van der Waals surface area contributed by atoms with E-state index in [2.05, 4.69) is 5.32 Å². The molecule has 0 radical (unpaired) electrons. The molecule has 0 saturated heterocycles. The molecule has 1 aliphatic rings. The highest BCUT2D eigenvalue weighted by Crippen LogP contribution is 2.21. The van der Waals surface area contributed by atoms with E-state index >= 15 is 0 Å². The van der Waals surface area contributed by atoms with Crippen LogP contribution < -0.4 is 10.2 Å². The van der Waals surface area contributed by atoms with E-state index in [1.165, 1.54) is 4.90 Å². The molecule has 0 fully saturated rings. The molecule has 3 rings (SSSR count). The Bertz CT molecular complexity index is 770. The molecule has 6 heteroatoms. The molecule has 0 bridgehead atoms. The number of amides is 4. The number of rotatable bonds is 5. The van der Waals surface area contributed by atoms with Crippen molar-refractivity contribution in [2.45, 2.75) is 6.92 Å².